The summed E-state index contributed by atoms with van der Waals surface area (Å²) >= 11 is 6.23. The van der Waals surface area contributed by atoms with E-state index in [4.69, 9.17) is 16.3 Å². The molecule has 0 spiro atoms. The van der Waals surface area contributed by atoms with Gasteiger partial charge in [0, 0.05) is 7.11 Å². The summed E-state index contributed by atoms with van der Waals surface area (Å²) in [5, 5.41) is 8.46. The smallest absolute Gasteiger partial charge is 0.0834 e. The lowest BCUT2D eigenvalue weighted by Crippen LogP contribution is -2.25. The summed E-state index contributed by atoms with van der Waals surface area (Å²) in [5.41, 5.74) is 1.02. The maximum atomic E-state index is 6.23. The number of rotatable bonds is 9. The number of hydrogen-bond acceptors (Lipinski definition) is 3. The van der Waals surface area contributed by atoms with Crippen molar-refractivity contribution in [3.8, 4) is 0 Å². The van der Waals surface area contributed by atoms with Gasteiger partial charge < -0.3 is 10.1 Å². The van der Waals surface area contributed by atoms with Crippen molar-refractivity contribution in [1.82, 2.24) is 15.1 Å². The molecule has 1 aromatic heterocycles. The van der Waals surface area contributed by atoms with Gasteiger partial charge in [-0.1, -0.05) is 24.6 Å². The average Bonchev–Trinajstić information content (AvgIpc) is 2.73. The second-order valence-corrected chi connectivity index (χ2v) is 4.53. The van der Waals surface area contributed by atoms with Crippen LogP contribution >= 0.6 is 11.6 Å². The van der Waals surface area contributed by atoms with Gasteiger partial charge in [-0.05, 0) is 19.4 Å². The Bertz CT molecular complexity index is 365. The highest BCUT2D eigenvalue weighted by atomic mass is 35.5. The third-order valence-corrected chi connectivity index (χ3v) is 3.00. The number of ether oxygens (including phenoxy) is 1. The molecule has 0 bridgehead atoms. The molecule has 0 radical (unpaired) electrons. The Morgan fingerprint density at radius 3 is 3.06 bits per heavy atom. The molecule has 1 unspecified atom stereocenters. The van der Waals surface area contributed by atoms with Crippen LogP contribution in [0.25, 0.3) is 0 Å². The SMILES string of the molecule is C=CCC(NCCC)c1c(Cl)cnn1CCOC. The molecule has 0 aliphatic carbocycles. The van der Waals surface area contributed by atoms with Crippen LogP contribution in [0.5, 0.6) is 0 Å². The van der Waals surface area contributed by atoms with E-state index in [1.165, 1.54) is 0 Å². The van der Waals surface area contributed by atoms with E-state index in [0.717, 1.165) is 25.1 Å². The van der Waals surface area contributed by atoms with E-state index in [9.17, 15) is 0 Å². The van der Waals surface area contributed by atoms with Crippen LogP contribution in [0.3, 0.4) is 0 Å². The molecular formula is C13H22ClN3O. The van der Waals surface area contributed by atoms with Gasteiger partial charge in [-0.15, -0.1) is 6.58 Å². The largest absolute Gasteiger partial charge is 0.383 e. The molecule has 1 rings (SSSR count). The van der Waals surface area contributed by atoms with Crippen LogP contribution in [0, 0.1) is 0 Å². The topological polar surface area (TPSA) is 39.1 Å². The van der Waals surface area contributed by atoms with Crippen molar-refractivity contribution in [2.24, 2.45) is 0 Å². The van der Waals surface area contributed by atoms with Crippen molar-refractivity contribution in [2.45, 2.75) is 32.4 Å². The number of nitrogens with one attached hydrogen (secondary N) is 1. The monoisotopic (exact) mass is 271 g/mol. The summed E-state index contributed by atoms with van der Waals surface area (Å²) < 4.78 is 6.99. The highest BCUT2D eigenvalue weighted by Crippen LogP contribution is 2.25. The van der Waals surface area contributed by atoms with Gasteiger partial charge in [0.05, 0.1) is 36.1 Å². The minimum absolute atomic E-state index is 0.161. The molecule has 5 heteroatoms. The molecule has 0 fully saturated rings. The second-order valence-electron chi connectivity index (χ2n) is 4.12. The zero-order chi connectivity index (χ0) is 13.4. The van der Waals surface area contributed by atoms with Crippen LogP contribution in [0.15, 0.2) is 18.9 Å². The van der Waals surface area contributed by atoms with Gasteiger partial charge in [0.25, 0.3) is 0 Å². The van der Waals surface area contributed by atoms with Crippen LogP contribution in [0.4, 0.5) is 0 Å². The van der Waals surface area contributed by atoms with Gasteiger partial charge in [0.15, 0.2) is 0 Å². The first kappa shape index (κ1) is 15.2. The molecule has 102 valence electrons. The first-order valence-corrected chi connectivity index (χ1v) is 6.66. The Morgan fingerprint density at radius 2 is 2.44 bits per heavy atom. The molecule has 0 aromatic carbocycles. The van der Waals surface area contributed by atoms with E-state index in [1.54, 1.807) is 13.3 Å². The molecule has 1 heterocycles. The molecule has 0 aliphatic rings. The maximum absolute atomic E-state index is 6.23. The zero-order valence-electron chi connectivity index (χ0n) is 11.2. The molecule has 0 saturated carbocycles. The predicted molar refractivity (Wildman–Crippen MR) is 75.0 cm³/mol. The summed E-state index contributed by atoms with van der Waals surface area (Å²) in [4.78, 5) is 0. The van der Waals surface area contributed by atoms with Crippen molar-refractivity contribution in [3.63, 3.8) is 0 Å². The Morgan fingerprint density at radius 1 is 1.67 bits per heavy atom. The minimum atomic E-state index is 0.161. The van der Waals surface area contributed by atoms with Gasteiger partial charge >= 0.3 is 0 Å². The summed E-state index contributed by atoms with van der Waals surface area (Å²) in [5.74, 6) is 0. The van der Waals surface area contributed by atoms with E-state index in [1.807, 2.05) is 10.8 Å². The predicted octanol–water partition coefficient (Wildman–Crippen LogP) is 2.80. The molecule has 1 N–H and O–H groups in total. The number of methoxy groups -OCH3 is 1. The third kappa shape index (κ3) is 4.12. The molecule has 0 amide bonds. The fraction of sp³-hybridized carbons (Fsp3) is 0.615. The maximum Gasteiger partial charge on any atom is 0.0834 e. The fourth-order valence-corrected chi connectivity index (χ4v) is 2.12. The summed E-state index contributed by atoms with van der Waals surface area (Å²) in [7, 11) is 1.68. The number of nitrogens with zero attached hydrogens (tertiary/aromatic N) is 2. The number of aromatic nitrogens is 2. The van der Waals surface area contributed by atoms with Crippen molar-refractivity contribution in [2.75, 3.05) is 20.3 Å². The van der Waals surface area contributed by atoms with Gasteiger partial charge in [-0.25, -0.2) is 0 Å². The molecule has 1 atom stereocenters. The molecular weight excluding hydrogens is 250 g/mol. The van der Waals surface area contributed by atoms with E-state index in [2.05, 4.69) is 23.9 Å². The van der Waals surface area contributed by atoms with E-state index in [0.29, 0.717) is 18.2 Å². The molecule has 0 saturated heterocycles. The van der Waals surface area contributed by atoms with Crippen LogP contribution in [0.1, 0.15) is 31.5 Å². The van der Waals surface area contributed by atoms with Crippen molar-refractivity contribution < 1.29 is 4.74 Å². The highest BCUT2D eigenvalue weighted by Gasteiger charge is 2.18. The summed E-state index contributed by atoms with van der Waals surface area (Å²) in [6, 6.07) is 0.161. The van der Waals surface area contributed by atoms with Crippen LogP contribution < -0.4 is 5.32 Å². The quantitative estimate of drug-likeness (QED) is 0.702. The van der Waals surface area contributed by atoms with Crippen molar-refractivity contribution in [3.05, 3.63) is 29.6 Å². The van der Waals surface area contributed by atoms with Crippen LogP contribution in [0.2, 0.25) is 5.02 Å². The fourth-order valence-electron chi connectivity index (χ4n) is 1.85. The lowest BCUT2D eigenvalue weighted by atomic mass is 10.1. The first-order valence-electron chi connectivity index (χ1n) is 6.29. The third-order valence-electron chi connectivity index (χ3n) is 2.71. The summed E-state index contributed by atoms with van der Waals surface area (Å²) in [6.45, 7) is 8.22. The lowest BCUT2D eigenvalue weighted by Gasteiger charge is -2.19. The van der Waals surface area contributed by atoms with Gasteiger partial charge in [-0.3, -0.25) is 4.68 Å². The van der Waals surface area contributed by atoms with Crippen molar-refractivity contribution >= 4 is 11.6 Å². The number of halogens is 1. The van der Waals surface area contributed by atoms with E-state index >= 15 is 0 Å². The van der Waals surface area contributed by atoms with Crippen LogP contribution in [-0.4, -0.2) is 30.0 Å². The molecule has 0 aliphatic heterocycles. The van der Waals surface area contributed by atoms with Gasteiger partial charge in [-0.2, -0.15) is 5.10 Å². The van der Waals surface area contributed by atoms with Gasteiger partial charge in [0.1, 0.15) is 0 Å². The van der Waals surface area contributed by atoms with Crippen LogP contribution in [-0.2, 0) is 11.3 Å². The Labute approximate surface area is 114 Å². The van der Waals surface area contributed by atoms with E-state index in [-0.39, 0.29) is 6.04 Å². The Kier molecular flexibility index (Phi) is 7.01. The number of hydrogen-bond donors (Lipinski definition) is 1. The highest BCUT2D eigenvalue weighted by molar-refractivity contribution is 6.31. The molecule has 18 heavy (non-hydrogen) atoms. The molecule has 1 aromatic rings. The first-order chi connectivity index (χ1) is 8.74. The van der Waals surface area contributed by atoms with Gasteiger partial charge in [0.2, 0.25) is 0 Å². The molecule has 4 nitrogen and oxygen atoms in total. The standard InChI is InChI=1S/C13H22ClN3O/c1-4-6-12(15-7-5-2)13-11(14)10-16-17(13)8-9-18-3/h4,10,12,15H,1,5-9H2,2-3H3. The zero-order valence-corrected chi connectivity index (χ0v) is 11.9. The average molecular weight is 272 g/mol. The normalized spacial score (nSPS) is 12.6. The Balaban J connectivity index is 2.86. The lowest BCUT2D eigenvalue weighted by molar-refractivity contribution is 0.181. The van der Waals surface area contributed by atoms with E-state index < -0.39 is 0 Å². The van der Waals surface area contributed by atoms with Crippen molar-refractivity contribution in [1.29, 1.82) is 0 Å². The second kappa shape index (κ2) is 8.29. The Hall–Kier alpha value is -0.840. The summed E-state index contributed by atoms with van der Waals surface area (Å²) in [6.07, 6.45) is 5.50. The minimum Gasteiger partial charge on any atom is -0.383 e.